The summed E-state index contributed by atoms with van der Waals surface area (Å²) in [6.45, 7) is 4.06. The van der Waals surface area contributed by atoms with Crippen molar-refractivity contribution in [2.45, 2.75) is 12.5 Å². The summed E-state index contributed by atoms with van der Waals surface area (Å²) in [7, 11) is -2.92. The number of nitrogens with zero attached hydrogens (tertiary/aromatic N) is 1. The fraction of sp³-hybridized carbons (Fsp3) is 0.625. The van der Waals surface area contributed by atoms with Crippen LogP contribution in [0.4, 0.5) is 0 Å². The van der Waals surface area contributed by atoms with E-state index >= 15 is 0 Å². The molecular weight excluding hydrogens is 234 g/mol. The van der Waals surface area contributed by atoms with Crippen LogP contribution in [0, 0.1) is 0 Å². The number of rotatable bonds is 3. The van der Waals surface area contributed by atoms with Crippen LogP contribution in [0.25, 0.3) is 0 Å². The van der Waals surface area contributed by atoms with Gasteiger partial charge in [-0.2, -0.15) is 0 Å². The molecule has 1 rings (SSSR count). The van der Waals surface area contributed by atoms with Gasteiger partial charge in [-0.1, -0.05) is 6.08 Å². The van der Waals surface area contributed by atoms with E-state index < -0.39 is 9.84 Å². The largest absolute Gasteiger partial charge is 0.358 e. The Morgan fingerprint density at radius 1 is 1.73 bits per heavy atom. The van der Waals surface area contributed by atoms with Crippen LogP contribution < -0.4 is 11.2 Å². The number of hydrazine groups is 1. The molecule has 15 heavy (non-hydrogen) atoms. The SMILES string of the molecule is C=CCNC(=S)N(N)C1CCS(=O)(=O)C1. The molecule has 3 N–H and O–H groups in total. The maximum Gasteiger partial charge on any atom is 0.183 e. The lowest BCUT2D eigenvalue weighted by Crippen LogP contribution is -2.50. The van der Waals surface area contributed by atoms with Crippen molar-refractivity contribution in [3.05, 3.63) is 12.7 Å². The van der Waals surface area contributed by atoms with E-state index in [4.69, 9.17) is 18.1 Å². The molecule has 0 saturated carbocycles. The Labute approximate surface area is 95.2 Å². The van der Waals surface area contributed by atoms with E-state index in [-0.39, 0.29) is 17.5 Å². The second-order valence-electron chi connectivity index (χ2n) is 3.44. The van der Waals surface area contributed by atoms with E-state index in [0.717, 1.165) is 0 Å². The summed E-state index contributed by atoms with van der Waals surface area (Å²) in [4.78, 5) is 0. The highest BCUT2D eigenvalue weighted by molar-refractivity contribution is 7.91. The Bertz CT molecular complexity index is 353. The van der Waals surface area contributed by atoms with E-state index in [1.165, 1.54) is 5.01 Å². The van der Waals surface area contributed by atoms with Crippen molar-refractivity contribution < 1.29 is 8.42 Å². The quantitative estimate of drug-likeness (QED) is 0.301. The zero-order valence-electron chi connectivity index (χ0n) is 8.35. The van der Waals surface area contributed by atoms with Crippen LogP contribution in [-0.4, -0.2) is 42.6 Å². The molecule has 0 bridgehead atoms. The average molecular weight is 249 g/mol. The van der Waals surface area contributed by atoms with Crippen LogP contribution in [0.3, 0.4) is 0 Å². The first-order valence-corrected chi connectivity index (χ1v) is 6.82. The molecule has 0 aliphatic carbocycles. The minimum atomic E-state index is -2.92. The molecule has 0 aromatic heterocycles. The van der Waals surface area contributed by atoms with Gasteiger partial charge in [0.05, 0.1) is 17.5 Å². The number of hydrogen-bond acceptors (Lipinski definition) is 4. The van der Waals surface area contributed by atoms with Crippen molar-refractivity contribution in [1.82, 2.24) is 10.3 Å². The molecule has 0 radical (unpaired) electrons. The fourth-order valence-electron chi connectivity index (χ4n) is 1.41. The average Bonchev–Trinajstić information content (AvgIpc) is 2.54. The molecule has 86 valence electrons. The standard InChI is InChI=1S/C8H15N3O2S2/c1-2-4-10-8(14)11(9)7-3-5-15(12,13)6-7/h2,7H,1,3-6,9H2,(H,10,14). The van der Waals surface area contributed by atoms with Crippen molar-refractivity contribution in [2.24, 2.45) is 5.84 Å². The third-order valence-electron chi connectivity index (χ3n) is 2.23. The zero-order chi connectivity index (χ0) is 11.5. The molecule has 0 amide bonds. The molecule has 7 heteroatoms. The van der Waals surface area contributed by atoms with Gasteiger partial charge in [0.25, 0.3) is 0 Å². The maximum atomic E-state index is 11.2. The molecule has 0 aromatic rings. The molecule has 5 nitrogen and oxygen atoms in total. The lowest BCUT2D eigenvalue weighted by Gasteiger charge is -2.25. The molecular formula is C8H15N3O2S2. The van der Waals surface area contributed by atoms with Crippen LogP contribution in [0.15, 0.2) is 12.7 Å². The van der Waals surface area contributed by atoms with E-state index in [9.17, 15) is 8.42 Å². The van der Waals surface area contributed by atoms with Gasteiger partial charge in [-0.3, -0.25) is 5.01 Å². The summed E-state index contributed by atoms with van der Waals surface area (Å²) < 4.78 is 22.4. The topological polar surface area (TPSA) is 75.4 Å². The predicted molar refractivity (Wildman–Crippen MR) is 63.9 cm³/mol. The second-order valence-corrected chi connectivity index (χ2v) is 6.05. The van der Waals surface area contributed by atoms with Crippen LogP contribution in [0.1, 0.15) is 6.42 Å². The molecule has 1 fully saturated rings. The summed E-state index contributed by atoms with van der Waals surface area (Å²) in [5.74, 6) is 5.99. The molecule has 0 spiro atoms. The Morgan fingerprint density at radius 3 is 2.87 bits per heavy atom. The summed E-state index contributed by atoms with van der Waals surface area (Å²) in [6, 6.07) is -0.209. The van der Waals surface area contributed by atoms with Gasteiger partial charge in [-0.25, -0.2) is 14.3 Å². The highest BCUT2D eigenvalue weighted by Crippen LogP contribution is 2.15. The number of thiocarbonyl (C=S) groups is 1. The zero-order valence-corrected chi connectivity index (χ0v) is 9.98. The van der Waals surface area contributed by atoms with Gasteiger partial charge < -0.3 is 5.32 Å². The smallest absolute Gasteiger partial charge is 0.183 e. The lowest BCUT2D eigenvalue weighted by molar-refractivity contribution is 0.343. The normalized spacial score (nSPS) is 23.4. The van der Waals surface area contributed by atoms with E-state index in [0.29, 0.717) is 18.1 Å². The van der Waals surface area contributed by atoms with Gasteiger partial charge in [-0.15, -0.1) is 6.58 Å². The van der Waals surface area contributed by atoms with Gasteiger partial charge in [0.1, 0.15) is 0 Å². The third kappa shape index (κ3) is 3.44. The summed E-state index contributed by atoms with van der Waals surface area (Å²) in [5.41, 5.74) is 0. The van der Waals surface area contributed by atoms with Crippen molar-refractivity contribution in [3.63, 3.8) is 0 Å². The number of nitrogens with two attached hydrogens (primary N) is 1. The molecule has 1 atom stereocenters. The Hall–Kier alpha value is -0.660. The lowest BCUT2D eigenvalue weighted by atomic mass is 10.2. The number of sulfone groups is 1. The molecule has 1 saturated heterocycles. The first-order chi connectivity index (χ1) is 6.96. The van der Waals surface area contributed by atoms with Gasteiger partial charge in [0.15, 0.2) is 14.9 Å². The van der Waals surface area contributed by atoms with Gasteiger partial charge in [-0.05, 0) is 18.6 Å². The Morgan fingerprint density at radius 2 is 2.40 bits per heavy atom. The van der Waals surface area contributed by atoms with Crippen molar-refractivity contribution in [3.8, 4) is 0 Å². The molecule has 1 unspecified atom stereocenters. The second kappa shape index (κ2) is 4.91. The summed E-state index contributed by atoms with van der Waals surface area (Å²) >= 11 is 5.00. The molecule has 0 aromatic carbocycles. The minimum absolute atomic E-state index is 0.0827. The number of nitrogens with one attached hydrogen (secondary N) is 1. The third-order valence-corrected chi connectivity index (χ3v) is 4.34. The van der Waals surface area contributed by atoms with Crippen molar-refractivity contribution >= 4 is 27.2 Å². The highest BCUT2D eigenvalue weighted by atomic mass is 32.2. The van der Waals surface area contributed by atoms with Crippen LogP contribution in [0.5, 0.6) is 0 Å². The summed E-state index contributed by atoms with van der Waals surface area (Å²) in [5, 5.41) is 4.54. The Balaban J connectivity index is 2.51. The molecule has 1 aliphatic heterocycles. The van der Waals surface area contributed by atoms with E-state index in [1.807, 2.05) is 0 Å². The Kier molecular flexibility index (Phi) is 4.06. The first-order valence-electron chi connectivity index (χ1n) is 4.59. The molecule has 1 heterocycles. The van der Waals surface area contributed by atoms with E-state index in [2.05, 4.69) is 11.9 Å². The predicted octanol–water partition coefficient (Wildman–Crippen LogP) is -0.590. The van der Waals surface area contributed by atoms with Crippen molar-refractivity contribution in [2.75, 3.05) is 18.1 Å². The number of hydrogen-bond donors (Lipinski definition) is 2. The monoisotopic (exact) mass is 249 g/mol. The van der Waals surface area contributed by atoms with Crippen LogP contribution in [0.2, 0.25) is 0 Å². The fourth-order valence-corrected chi connectivity index (χ4v) is 3.36. The van der Waals surface area contributed by atoms with Gasteiger partial charge in [0.2, 0.25) is 0 Å². The van der Waals surface area contributed by atoms with Crippen LogP contribution in [-0.2, 0) is 9.84 Å². The molecule has 1 aliphatic rings. The minimum Gasteiger partial charge on any atom is -0.358 e. The van der Waals surface area contributed by atoms with Crippen molar-refractivity contribution in [1.29, 1.82) is 0 Å². The summed E-state index contributed by atoms with van der Waals surface area (Å²) in [6.07, 6.45) is 2.19. The first kappa shape index (κ1) is 12.4. The van der Waals surface area contributed by atoms with Gasteiger partial charge >= 0.3 is 0 Å². The maximum absolute atomic E-state index is 11.2. The van der Waals surface area contributed by atoms with Gasteiger partial charge in [0, 0.05) is 6.54 Å². The van der Waals surface area contributed by atoms with Crippen LogP contribution >= 0.6 is 12.2 Å². The van der Waals surface area contributed by atoms with E-state index in [1.54, 1.807) is 6.08 Å². The highest BCUT2D eigenvalue weighted by Gasteiger charge is 2.32.